The molecule has 132 valence electrons. The van der Waals surface area contributed by atoms with E-state index in [-0.39, 0.29) is 24.3 Å². The third-order valence-electron chi connectivity index (χ3n) is 2.70. The monoisotopic (exact) mass is 355 g/mol. The SMILES string of the molecule is CCOP(=O)(OCC)C(=C/N(C)C)/N=C/c1ccc([N+](=O)[O-])cc1. The molecule has 0 bridgehead atoms. The molecule has 0 N–H and O–H groups in total. The van der Waals surface area contributed by atoms with Gasteiger partial charge in [0.05, 0.1) is 18.1 Å². The molecule has 1 aromatic carbocycles. The van der Waals surface area contributed by atoms with Gasteiger partial charge in [0.1, 0.15) is 0 Å². The van der Waals surface area contributed by atoms with Crippen molar-refractivity contribution in [2.75, 3.05) is 27.3 Å². The van der Waals surface area contributed by atoms with Gasteiger partial charge in [-0.3, -0.25) is 14.7 Å². The zero-order valence-corrected chi connectivity index (χ0v) is 15.1. The first-order valence-corrected chi connectivity index (χ1v) is 8.93. The highest BCUT2D eigenvalue weighted by molar-refractivity contribution is 7.58. The summed E-state index contributed by atoms with van der Waals surface area (Å²) in [5.74, 6) is 0. The molecule has 0 aromatic heterocycles. The second-order valence-electron chi connectivity index (χ2n) is 4.89. The topological polar surface area (TPSA) is 94.3 Å². The summed E-state index contributed by atoms with van der Waals surface area (Å²) in [6.07, 6.45) is 3.03. The van der Waals surface area contributed by atoms with Crippen LogP contribution in [-0.4, -0.2) is 43.3 Å². The highest BCUT2D eigenvalue weighted by atomic mass is 31.2. The molecule has 0 aliphatic rings. The number of nitro groups is 1. The number of hydrogen-bond acceptors (Lipinski definition) is 7. The third kappa shape index (κ3) is 5.88. The standard InChI is InChI=1S/C15H22N3O5P/c1-5-22-24(21,23-6-2)15(12-17(3)4)16-11-13-7-9-14(10-8-13)18(19)20/h7-12H,5-6H2,1-4H3/b15-12+,16-11+. The summed E-state index contributed by atoms with van der Waals surface area (Å²) in [7, 11) is 0.00275. The molecule has 8 nitrogen and oxygen atoms in total. The predicted molar refractivity (Wildman–Crippen MR) is 93.3 cm³/mol. The van der Waals surface area contributed by atoms with Gasteiger partial charge >= 0.3 is 7.60 Å². The summed E-state index contributed by atoms with van der Waals surface area (Å²) in [4.78, 5) is 16.1. The second kappa shape index (κ2) is 9.32. The fraction of sp³-hybridized carbons (Fsp3) is 0.400. The molecule has 0 aliphatic heterocycles. The normalized spacial score (nSPS) is 12.6. The predicted octanol–water partition coefficient (Wildman–Crippen LogP) is 3.64. The van der Waals surface area contributed by atoms with E-state index in [1.54, 1.807) is 51.2 Å². The number of rotatable bonds is 9. The molecule has 0 amide bonds. The van der Waals surface area contributed by atoms with Crippen LogP contribution in [0.5, 0.6) is 0 Å². The van der Waals surface area contributed by atoms with Crippen LogP contribution in [0.1, 0.15) is 19.4 Å². The van der Waals surface area contributed by atoms with E-state index in [9.17, 15) is 14.7 Å². The lowest BCUT2D eigenvalue weighted by Crippen LogP contribution is -2.05. The minimum atomic E-state index is -3.53. The first-order valence-electron chi connectivity index (χ1n) is 7.38. The van der Waals surface area contributed by atoms with Gasteiger partial charge in [0.2, 0.25) is 0 Å². The quantitative estimate of drug-likeness (QED) is 0.290. The lowest BCUT2D eigenvalue weighted by molar-refractivity contribution is -0.384. The van der Waals surface area contributed by atoms with Crippen molar-refractivity contribution in [1.82, 2.24) is 4.90 Å². The number of aliphatic imine (C=N–C) groups is 1. The summed E-state index contributed by atoms with van der Waals surface area (Å²) in [6.45, 7) is 3.88. The average Bonchev–Trinajstić information content (AvgIpc) is 2.52. The van der Waals surface area contributed by atoms with Crippen LogP contribution in [0.3, 0.4) is 0 Å². The first-order chi connectivity index (χ1) is 11.3. The van der Waals surface area contributed by atoms with Crippen molar-refractivity contribution >= 4 is 19.5 Å². The van der Waals surface area contributed by atoms with Gasteiger partial charge in [0, 0.05) is 38.6 Å². The summed E-state index contributed by atoms with van der Waals surface area (Å²) < 4.78 is 23.5. The van der Waals surface area contributed by atoms with E-state index in [2.05, 4.69) is 4.99 Å². The molecule has 0 spiro atoms. The Balaban J connectivity index is 3.13. The lowest BCUT2D eigenvalue weighted by Gasteiger charge is -2.18. The largest absolute Gasteiger partial charge is 0.381 e. The number of nitro benzene ring substituents is 1. The maximum atomic E-state index is 12.9. The van der Waals surface area contributed by atoms with Crippen LogP contribution in [0.15, 0.2) is 40.9 Å². The Labute approximate surface area is 141 Å². The highest BCUT2D eigenvalue weighted by Crippen LogP contribution is 2.56. The van der Waals surface area contributed by atoms with Crippen molar-refractivity contribution in [2.45, 2.75) is 13.8 Å². The zero-order chi connectivity index (χ0) is 18.2. The van der Waals surface area contributed by atoms with Crippen LogP contribution in [-0.2, 0) is 13.6 Å². The Morgan fingerprint density at radius 2 is 1.79 bits per heavy atom. The Morgan fingerprint density at radius 1 is 1.25 bits per heavy atom. The van der Waals surface area contributed by atoms with Crippen molar-refractivity contribution in [3.05, 3.63) is 51.6 Å². The summed E-state index contributed by atoms with van der Waals surface area (Å²) in [5.41, 5.74) is 0.782. The molecule has 0 heterocycles. The molecular formula is C15H22N3O5P. The fourth-order valence-electron chi connectivity index (χ4n) is 1.74. The minimum Gasteiger partial charge on any atom is -0.381 e. The van der Waals surface area contributed by atoms with Gasteiger partial charge in [0.25, 0.3) is 5.69 Å². The van der Waals surface area contributed by atoms with Crippen molar-refractivity contribution in [1.29, 1.82) is 0 Å². The van der Waals surface area contributed by atoms with E-state index in [1.165, 1.54) is 18.3 Å². The van der Waals surface area contributed by atoms with Crippen LogP contribution in [0.2, 0.25) is 0 Å². The maximum absolute atomic E-state index is 12.9. The molecule has 24 heavy (non-hydrogen) atoms. The summed E-state index contributed by atoms with van der Waals surface area (Å²) in [6, 6.07) is 5.87. The Bertz CT molecular complexity index is 646. The molecule has 0 unspecified atom stereocenters. The van der Waals surface area contributed by atoms with Gasteiger partial charge in [-0.1, -0.05) is 0 Å². The Hall–Kier alpha value is -2.02. The fourth-order valence-corrected chi connectivity index (χ4v) is 3.33. The van der Waals surface area contributed by atoms with Gasteiger partial charge in [-0.2, -0.15) is 0 Å². The van der Waals surface area contributed by atoms with Crippen LogP contribution >= 0.6 is 7.60 Å². The molecule has 1 aromatic rings. The molecule has 1 rings (SSSR count). The lowest BCUT2D eigenvalue weighted by atomic mass is 10.2. The van der Waals surface area contributed by atoms with Crippen LogP contribution in [0.25, 0.3) is 0 Å². The molecular weight excluding hydrogens is 333 g/mol. The van der Waals surface area contributed by atoms with Gasteiger partial charge in [-0.25, -0.2) is 4.99 Å². The van der Waals surface area contributed by atoms with Crippen molar-refractivity contribution in [2.24, 2.45) is 4.99 Å². The van der Waals surface area contributed by atoms with E-state index in [4.69, 9.17) is 9.05 Å². The van der Waals surface area contributed by atoms with E-state index in [0.29, 0.717) is 5.56 Å². The Morgan fingerprint density at radius 3 is 2.21 bits per heavy atom. The number of nitrogens with zero attached hydrogens (tertiary/aromatic N) is 3. The molecule has 0 atom stereocenters. The molecule has 0 saturated heterocycles. The van der Waals surface area contributed by atoms with Gasteiger partial charge in [-0.15, -0.1) is 0 Å². The van der Waals surface area contributed by atoms with Crippen LogP contribution < -0.4 is 0 Å². The summed E-state index contributed by atoms with van der Waals surface area (Å²) in [5, 5.41) is 10.7. The van der Waals surface area contributed by atoms with E-state index >= 15 is 0 Å². The molecule has 0 radical (unpaired) electrons. The van der Waals surface area contributed by atoms with Crippen molar-refractivity contribution < 1.29 is 18.5 Å². The molecule has 0 fully saturated rings. The van der Waals surface area contributed by atoms with Crippen molar-refractivity contribution in [3.8, 4) is 0 Å². The minimum absolute atomic E-state index is 0.00879. The highest BCUT2D eigenvalue weighted by Gasteiger charge is 2.29. The first kappa shape index (κ1) is 20.0. The number of benzene rings is 1. The van der Waals surface area contributed by atoms with E-state index in [0.717, 1.165) is 0 Å². The van der Waals surface area contributed by atoms with Gasteiger partial charge in [-0.05, 0) is 31.5 Å². The molecule has 9 heteroatoms. The second-order valence-corrected chi connectivity index (χ2v) is 6.86. The molecule has 0 saturated carbocycles. The number of non-ortho nitro benzene ring substituents is 1. The zero-order valence-electron chi connectivity index (χ0n) is 14.2. The maximum Gasteiger partial charge on any atom is 0.381 e. The smallest absolute Gasteiger partial charge is 0.381 e. The van der Waals surface area contributed by atoms with Gasteiger partial charge < -0.3 is 13.9 Å². The summed E-state index contributed by atoms with van der Waals surface area (Å²) >= 11 is 0. The molecule has 0 aliphatic carbocycles. The number of hydrogen-bond donors (Lipinski definition) is 0. The van der Waals surface area contributed by atoms with Crippen molar-refractivity contribution in [3.63, 3.8) is 0 Å². The van der Waals surface area contributed by atoms with E-state index in [1.807, 2.05) is 0 Å². The van der Waals surface area contributed by atoms with Crippen LogP contribution in [0, 0.1) is 10.1 Å². The third-order valence-corrected chi connectivity index (χ3v) is 4.69. The van der Waals surface area contributed by atoms with Crippen LogP contribution in [0.4, 0.5) is 5.69 Å². The van der Waals surface area contributed by atoms with E-state index < -0.39 is 12.5 Å². The Kier molecular flexibility index (Phi) is 7.78. The van der Waals surface area contributed by atoms with Gasteiger partial charge in [0.15, 0.2) is 5.44 Å². The average molecular weight is 355 g/mol.